The first-order valence-corrected chi connectivity index (χ1v) is 24.2. The van der Waals surface area contributed by atoms with Crippen LogP contribution in [-0.4, -0.2) is 128 Å². The number of nitrogens with zero attached hydrogens (tertiary/aromatic N) is 3. The molecule has 0 spiro atoms. The highest BCUT2D eigenvalue weighted by atomic mass is 32.2. The Hall–Kier alpha value is -5.87. The molecule has 0 unspecified atom stereocenters. The van der Waals surface area contributed by atoms with Crippen molar-refractivity contribution in [1.82, 2.24) is 20.6 Å². The minimum absolute atomic E-state index is 0.00379. The number of benzene rings is 2. The number of nitrogens with one attached hydrogen (secondary N) is 2. The lowest BCUT2D eigenvalue weighted by Crippen LogP contribution is -2.35. The summed E-state index contributed by atoms with van der Waals surface area (Å²) in [5, 5.41) is 6.01. The van der Waals surface area contributed by atoms with E-state index in [0.717, 1.165) is 5.56 Å². The Morgan fingerprint density at radius 1 is 0.769 bits per heavy atom. The number of ether oxygens (including phenoxy) is 1. The molecule has 0 atom stereocenters. The first-order chi connectivity index (χ1) is 30.7. The van der Waals surface area contributed by atoms with Gasteiger partial charge in [0.15, 0.2) is 0 Å². The van der Waals surface area contributed by atoms with Crippen LogP contribution in [0.2, 0.25) is 0 Å². The van der Waals surface area contributed by atoms with Crippen molar-refractivity contribution in [3.05, 3.63) is 94.1 Å². The van der Waals surface area contributed by atoms with E-state index in [2.05, 4.69) is 15.6 Å². The van der Waals surface area contributed by atoms with Crippen LogP contribution in [0.4, 0.5) is 0 Å². The normalized spacial score (nSPS) is 15.4. The van der Waals surface area contributed by atoms with Gasteiger partial charge < -0.3 is 25.1 Å². The summed E-state index contributed by atoms with van der Waals surface area (Å²) in [4.78, 5) is 86.0. The summed E-state index contributed by atoms with van der Waals surface area (Å²) in [7, 11) is -8.43. The van der Waals surface area contributed by atoms with E-state index in [0.29, 0.717) is 64.5 Å². The second kappa shape index (κ2) is 24.4. The molecule has 1 heterocycles. The molecule has 2 aliphatic rings. The predicted octanol–water partition coefficient (Wildman–Crippen LogP) is 3.41. The molecule has 1 fully saturated rings. The van der Waals surface area contributed by atoms with Crippen molar-refractivity contribution in [3.63, 3.8) is 0 Å². The number of carbonyl (C=O) groups is 6. The highest BCUT2D eigenvalue weighted by Gasteiger charge is 2.33. The molecule has 0 aromatic heterocycles. The van der Waals surface area contributed by atoms with E-state index < -0.39 is 61.4 Å². The van der Waals surface area contributed by atoms with Gasteiger partial charge in [0.25, 0.3) is 38.0 Å². The number of aliphatic imine (C=N–C) groups is 1. The van der Waals surface area contributed by atoms with E-state index in [1.54, 1.807) is 67.3 Å². The standard InChI is InChI=1S/C44H55N5O14S2/c1-30-12-4-5-13-34(30)41(35-14-6-7-15-36(35)45-22-11-26-64(56,57)58)44(55)62-42-31(2)28-33(29-32(42)3)43(54)47-21-10-24-48(25-27-65(59,60)61)23-9-20-46-37(50)16-8-17-40(53)63-49-38(51)18-19-39(49)52/h4-7,12-15,28-29H,8-11,16-27H2,1-3H3,(H,46,50)(H,47,54)(H,56,57,58)(H,59,60,61)/b41-35+,45-36+. The maximum atomic E-state index is 14.2. The minimum atomic E-state index is -4.26. The summed E-state index contributed by atoms with van der Waals surface area (Å²) >= 11 is 0. The van der Waals surface area contributed by atoms with Gasteiger partial charge in [-0.25, -0.2) is 9.59 Å². The predicted molar refractivity (Wildman–Crippen MR) is 240 cm³/mol. The number of rotatable bonds is 24. The van der Waals surface area contributed by atoms with E-state index in [4.69, 9.17) is 14.1 Å². The van der Waals surface area contributed by atoms with E-state index in [9.17, 15) is 50.2 Å². The molecule has 21 heteroatoms. The summed E-state index contributed by atoms with van der Waals surface area (Å²) in [5.41, 5.74) is 3.81. The van der Waals surface area contributed by atoms with Gasteiger partial charge in [0.1, 0.15) is 5.75 Å². The number of imide groups is 1. The highest BCUT2D eigenvalue weighted by molar-refractivity contribution is 7.86. The van der Waals surface area contributed by atoms with Gasteiger partial charge in [-0.3, -0.25) is 33.3 Å². The van der Waals surface area contributed by atoms with Gasteiger partial charge >= 0.3 is 11.9 Å². The van der Waals surface area contributed by atoms with Crippen LogP contribution in [0.15, 0.2) is 71.3 Å². The van der Waals surface area contributed by atoms with Crippen molar-refractivity contribution in [2.45, 2.75) is 72.1 Å². The summed E-state index contributed by atoms with van der Waals surface area (Å²) < 4.78 is 70.0. The fourth-order valence-electron chi connectivity index (χ4n) is 6.88. The maximum Gasteiger partial charge on any atom is 0.344 e. The number of aryl methyl sites for hydroxylation is 3. The quantitative estimate of drug-likeness (QED) is 0.0293. The number of esters is 1. The monoisotopic (exact) mass is 941 g/mol. The Morgan fingerprint density at radius 3 is 2.02 bits per heavy atom. The number of hydrogen-bond acceptors (Lipinski definition) is 14. The minimum Gasteiger partial charge on any atom is -0.422 e. The number of carbonyl (C=O) groups excluding carboxylic acids is 6. The lowest BCUT2D eigenvalue weighted by atomic mass is 9.91. The SMILES string of the molecule is Cc1ccccc1/C(C(=O)Oc1c(C)cc(C(=O)NCCCN(CCCNC(=O)CCCC(=O)ON2C(=O)CCC2=O)CCS(=O)(=O)O)cc1C)=C1/C=CC=C/C1=N\CCCS(=O)(=O)O. The molecule has 0 radical (unpaired) electrons. The van der Waals surface area contributed by atoms with Crippen molar-refractivity contribution in [3.8, 4) is 5.75 Å². The first-order valence-electron chi connectivity index (χ1n) is 21.0. The van der Waals surface area contributed by atoms with Crippen LogP contribution in [0.25, 0.3) is 5.57 Å². The molecule has 19 nitrogen and oxygen atoms in total. The number of hydroxylamine groups is 2. The Balaban J connectivity index is 1.32. The van der Waals surface area contributed by atoms with Crippen molar-refractivity contribution in [1.29, 1.82) is 0 Å². The van der Waals surface area contributed by atoms with Gasteiger partial charge in [0, 0.05) is 63.0 Å². The smallest absolute Gasteiger partial charge is 0.344 e. The lowest BCUT2D eigenvalue weighted by molar-refractivity contribution is -0.197. The Kier molecular flexibility index (Phi) is 19.5. The molecule has 1 aliphatic carbocycles. The average Bonchev–Trinajstić information content (AvgIpc) is 3.55. The molecule has 4 amide bonds. The molecule has 2 aromatic rings. The second-order valence-corrected chi connectivity index (χ2v) is 18.5. The molecular formula is C44H55N5O14S2. The van der Waals surface area contributed by atoms with Gasteiger partial charge in [0.05, 0.1) is 22.8 Å². The molecule has 4 rings (SSSR count). The maximum absolute atomic E-state index is 14.2. The zero-order valence-corrected chi connectivity index (χ0v) is 38.2. The summed E-state index contributed by atoms with van der Waals surface area (Å²) in [5.74, 6) is -4.15. The number of hydrogen-bond donors (Lipinski definition) is 4. The van der Waals surface area contributed by atoms with Crippen molar-refractivity contribution in [2.75, 3.05) is 50.8 Å². The van der Waals surface area contributed by atoms with Gasteiger partial charge in [0.2, 0.25) is 5.91 Å². The number of allylic oxidation sites excluding steroid dienone is 5. The topological polar surface area (TPSA) is 273 Å². The van der Waals surface area contributed by atoms with Crippen molar-refractivity contribution < 1.29 is 64.3 Å². The van der Waals surface area contributed by atoms with Crippen molar-refractivity contribution >= 4 is 67.1 Å². The first kappa shape index (κ1) is 51.8. The van der Waals surface area contributed by atoms with E-state index >= 15 is 0 Å². The zero-order valence-electron chi connectivity index (χ0n) is 36.5. The fourth-order valence-corrected chi connectivity index (χ4v) is 7.86. The molecule has 352 valence electrons. The van der Waals surface area contributed by atoms with Crippen LogP contribution in [0.3, 0.4) is 0 Å². The third-order valence-corrected chi connectivity index (χ3v) is 11.6. The summed E-state index contributed by atoms with van der Waals surface area (Å²) in [6.07, 6.45) is 7.67. The van der Waals surface area contributed by atoms with Crippen LogP contribution in [0.5, 0.6) is 5.75 Å². The molecule has 1 saturated heterocycles. The van der Waals surface area contributed by atoms with Crippen LogP contribution >= 0.6 is 0 Å². The lowest BCUT2D eigenvalue weighted by Gasteiger charge is -2.22. The van der Waals surface area contributed by atoms with Crippen LogP contribution in [0, 0.1) is 20.8 Å². The van der Waals surface area contributed by atoms with Crippen LogP contribution < -0.4 is 15.4 Å². The molecule has 2 aromatic carbocycles. The van der Waals surface area contributed by atoms with E-state index in [-0.39, 0.29) is 81.9 Å². The molecule has 1 aliphatic heterocycles. The molecule has 0 saturated carbocycles. The molecule has 65 heavy (non-hydrogen) atoms. The Morgan fingerprint density at radius 2 is 1.38 bits per heavy atom. The third-order valence-electron chi connectivity index (χ3n) is 10.1. The van der Waals surface area contributed by atoms with Gasteiger partial charge in [-0.15, -0.1) is 5.06 Å². The van der Waals surface area contributed by atoms with Gasteiger partial charge in [-0.05, 0) is 100 Å². The average molecular weight is 942 g/mol. The Labute approximate surface area is 378 Å². The van der Waals surface area contributed by atoms with Gasteiger partial charge in [-0.2, -0.15) is 16.8 Å². The van der Waals surface area contributed by atoms with Crippen LogP contribution in [-0.2, 0) is 49.0 Å². The molecular weight excluding hydrogens is 887 g/mol. The summed E-state index contributed by atoms with van der Waals surface area (Å²) in [6.45, 7) is 6.48. The van der Waals surface area contributed by atoms with E-state index in [1.807, 2.05) is 19.1 Å². The second-order valence-electron chi connectivity index (χ2n) is 15.4. The number of amides is 4. The summed E-state index contributed by atoms with van der Waals surface area (Å²) in [6, 6.07) is 10.4. The largest absolute Gasteiger partial charge is 0.422 e. The zero-order chi connectivity index (χ0) is 47.7. The fraction of sp³-hybridized carbons (Fsp3) is 0.432. The van der Waals surface area contributed by atoms with E-state index in [1.165, 1.54) is 0 Å². The third kappa shape index (κ3) is 17.2. The molecule has 4 N–H and O–H groups in total. The van der Waals surface area contributed by atoms with Crippen LogP contribution in [0.1, 0.15) is 84.0 Å². The van der Waals surface area contributed by atoms with Gasteiger partial charge in [-0.1, -0.05) is 42.5 Å². The highest BCUT2D eigenvalue weighted by Crippen LogP contribution is 2.31. The van der Waals surface area contributed by atoms with Crippen molar-refractivity contribution in [2.24, 2.45) is 4.99 Å². The Bertz CT molecular complexity index is 2440. The molecule has 0 bridgehead atoms.